The van der Waals surface area contributed by atoms with Crippen LogP contribution < -0.4 is 4.90 Å². The van der Waals surface area contributed by atoms with Gasteiger partial charge in [-0.3, -0.25) is 9.59 Å². The fourth-order valence-electron chi connectivity index (χ4n) is 3.11. The number of hydrogen-bond donors (Lipinski definition) is 0. The second-order valence-corrected chi connectivity index (χ2v) is 9.98. The number of halogens is 2. The molecule has 3 nitrogen and oxygen atoms in total. The van der Waals surface area contributed by atoms with Crippen molar-refractivity contribution >= 4 is 64.2 Å². The standard InChI is InChI=1S/C24H17Cl2NO2S2/c1-14-4-3-5-20(15(14)2)27-23(28)21(30-18-10-6-16(25)7-11-18)22(24(27)29)31-19-12-8-17(26)9-13-19/h3-13H,1-2H3. The Balaban J connectivity index is 1.77. The molecule has 0 unspecified atom stereocenters. The molecule has 0 fully saturated rings. The Morgan fingerprint density at radius 1 is 0.677 bits per heavy atom. The van der Waals surface area contributed by atoms with Crippen molar-refractivity contribution in [2.75, 3.05) is 4.90 Å². The van der Waals surface area contributed by atoms with E-state index >= 15 is 0 Å². The van der Waals surface area contributed by atoms with Crippen LogP contribution in [-0.4, -0.2) is 11.8 Å². The molecule has 1 aliphatic rings. The zero-order valence-electron chi connectivity index (χ0n) is 16.7. The zero-order chi connectivity index (χ0) is 22.1. The first-order valence-electron chi connectivity index (χ1n) is 9.41. The number of carbonyl (C=O) groups is 2. The Kier molecular flexibility index (Phi) is 6.49. The van der Waals surface area contributed by atoms with Crippen LogP contribution in [0.1, 0.15) is 11.1 Å². The minimum Gasteiger partial charge on any atom is -0.268 e. The molecule has 0 bridgehead atoms. The van der Waals surface area contributed by atoms with E-state index in [0.717, 1.165) is 20.9 Å². The Morgan fingerprint density at radius 2 is 1.13 bits per heavy atom. The third-order valence-corrected chi connectivity index (χ3v) is 7.70. The van der Waals surface area contributed by atoms with Crippen LogP contribution in [-0.2, 0) is 9.59 Å². The second-order valence-electron chi connectivity index (χ2n) is 6.93. The summed E-state index contributed by atoms with van der Waals surface area (Å²) in [7, 11) is 0. The van der Waals surface area contributed by atoms with Gasteiger partial charge in [0, 0.05) is 19.8 Å². The number of nitrogens with zero attached hydrogens (tertiary/aromatic N) is 1. The quantitative estimate of drug-likeness (QED) is 0.355. The summed E-state index contributed by atoms with van der Waals surface area (Å²) in [4.78, 5) is 30.7. The van der Waals surface area contributed by atoms with E-state index in [1.807, 2.05) is 50.2 Å². The lowest BCUT2D eigenvalue weighted by atomic mass is 10.1. The van der Waals surface area contributed by atoms with E-state index in [2.05, 4.69) is 0 Å². The first-order valence-corrected chi connectivity index (χ1v) is 11.8. The predicted octanol–water partition coefficient (Wildman–Crippen LogP) is 7.28. The van der Waals surface area contributed by atoms with Crippen molar-refractivity contribution in [1.29, 1.82) is 0 Å². The first-order chi connectivity index (χ1) is 14.8. The lowest BCUT2D eigenvalue weighted by Gasteiger charge is -2.18. The third-order valence-electron chi connectivity index (χ3n) is 4.88. The minimum atomic E-state index is -0.324. The van der Waals surface area contributed by atoms with Gasteiger partial charge in [-0.2, -0.15) is 0 Å². The molecule has 0 spiro atoms. The van der Waals surface area contributed by atoms with Crippen molar-refractivity contribution in [2.24, 2.45) is 0 Å². The molecule has 0 aromatic heterocycles. The first kappa shape index (κ1) is 22.0. The summed E-state index contributed by atoms with van der Waals surface area (Å²) in [5.74, 6) is -0.648. The Morgan fingerprint density at radius 3 is 1.58 bits per heavy atom. The van der Waals surface area contributed by atoms with E-state index in [1.54, 1.807) is 30.3 Å². The van der Waals surface area contributed by atoms with E-state index in [0.29, 0.717) is 25.5 Å². The lowest BCUT2D eigenvalue weighted by Crippen LogP contribution is -2.32. The van der Waals surface area contributed by atoms with Crippen LogP contribution in [0.3, 0.4) is 0 Å². The van der Waals surface area contributed by atoms with Gasteiger partial charge in [-0.25, -0.2) is 4.90 Å². The zero-order valence-corrected chi connectivity index (χ0v) is 19.8. The van der Waals surface area contributed by atoms with E-state index in [1.165, 1.54) is 28.4 Å². The number of amides is 2. The Labute approximate surface area is 199 Å². The molecule has 4 rings (SSSR count). The molecule has 0 atom stereocenters. The van der Waals surface area contributed by atoms with Gasteiger partial charge in [0.2, 0.25) is 0 Å². The maximum absolute atomic E-state index is 13.5. The number of hydrogen-bond acceptors (Lipinski definition) is 4. The topological polar surface area (TPSA) is 37.4 Å². The lowest BCUT2D eigenvalue weighted by molar-refractivity contribution is -0.120. The molecule has 156 valence electrons. The molecule has 3 aromatic rings. The molecule has 1 aliphatic heterocycles. The van der Waals surface area contributed by atoms with Crippen molar-refractivity contribution in [1.82, 2.24) is 0 Å². The van der Waals surface area contributed by atoms with E-state index < -0.39 is 0 Å². The van der Waals surface area contributed by atoms with E-state index in [9.17, 15) is 9.59 Å². The van der Waals surface area contributed by atoms with Gasteiger partial charge in [0.25, 0.3) is 11.8 Å². The summed E-state index contributed by atoms with van der Waals surface area (Å²) in [6, 6.07) is 20.0. The number of benzene rings is 3. The van der Waals surface area contributed by atoms with Crippen molar-refractivity contribution in [3.8, 4) is 0 Å². The van der Waals surface area contributed by atoms with Gasteiger partial charge in [0.05, 0.1) is 15.5 Å². The largest absolute Gasteiger partial charge is 0.273 e. The van der Waals surface area contributed by atoms with Crippen molar-refractivity contribution in [3.05, 3.63) is 97.7 Å². The molecule has 1 heterocycles. The van der Waals surface area contributed by atoms with Crippen LogP contribution in [0, 0.1) is 13.8 Å². The normalized spacial score (nSPS) is 14.0. The number of thioether (sulfide) groups is 2. The fraction of sp³-hybridized carbons (Fsp3) is 0.0833. The van der Waals surface area contributed by atoms with Gasteiger partial charge in [-0.05, 0) is 79.6 Å². The van der Waals surface area contributed by atoms with Gasteiger partial charge < -0.3 is 0 Å². The number of anilines is 1. The molecular formula is C24H17Cl2NO2S2. The van der Waals surface area contributed by atoms with Gasteiger partial charge in [-0.1, -0.05) is 58.9 Å². The number of imide groups is 1. The highest BCUT2D eigenvalue weighted by Crippen LogP contribution is 2.44. The molecule has 0 N–H and O–H groups in total. The highest BCUT2D eigenvalue weighted by Gasteiger charge is 2.41. The van der Waals surface area contributed by atoms with Crippen LogP contribution in [0.2, 0.25) is 10.0 Å². The molecule has 31 heavy (non-hydrogen) atoms. The predicted molar refractivity (Wildman–Crippen MR) is 130 cm³/mol. The number of rotatable bonds is 5. The fourth-order valence-corrected chi connectivity index (χ4v) is 5.34. The average Bonchev–Trinajstić information content (AvgIpc) is 2.97. The molecule has 0 saturated carbocycles. The smallest absolute Gasteiger partial charge is 0.268 e. The average molecular weight is 486 g/mol. The van der Waals surface area contributed by atoms with Gasteiger partial charge >= 0.3 is 0 Å². The molecule has 0 saturated heterocycles. The SMILES string of the molecule is Cc1cccc(N2C(=O)C(Sc3ccc(Cl)cc3)=C(Sc3ccc(Cl)cc3)C2=O)c1C. The van der Waals surface area contributed by atoms with E-state index in [-0.39, 0.29) is 11.8 Å². The maximum Gasteiger partial charge on any atom is 0.273 e. The number of aryl methyl sites for hydroxylation is 1. The molecule has 3 aromatic carbocycles. The van der Waals surface area contributed by atoms with Gasteiger partial charge in [0.1, 0.15) is 0 Å². The van der Waals surface area contributed by atoms with Crippen LogP contribution >= 0.6 is 46.7 Å². The summed E-state index contributed by atoms with van der Waals surface area (Å²) in [5, 5.41) is 1.22. The third kappa shape index (κ3) is 4.55. The Hall–Kier alpha value is -2.18. The van der Waals surface area contributed by atoms with Gasteiger partial charge in [-0.15, -0.1) is 0 Å². The Bertz CT molecular complexity index is 1140. The summed E-state index contributed by atoms with van der Waals surface area (Å²) < 4.78 is 0. The summed E-state index contributed by atoms with van der Waals surface area (Å²) in [6.07, 6.45) is 0. The van der Waals surface area contributed by atoms with Crippen molar-refractivity contribution in [2.45, 2.75) is 23.6 Å². The van der Waals surface area contributed by atoms with Crippen LogP contribution in [0.15, 0.2) is 86.3 Å². The molecule has 0 radical (unpaired) electrons. The highest BCUT2D eigenvalue weighted by molar-refractivity contribution is 8.08. The van der Waals surface area contributed by atoms with Crippen LogP contribution in [0.25, 0.3) is 0 Å². The molecule has 7 heteroatoms. The van der Waals surface area contributed by atoms with Crippen LogP contribution in [0.5, 0.6) is 0 Å². The summed E-state index contributed by atoms with van der Waals surface area (Å²) >= 11 is 14.5. The van der Waals surface area contributed by atoms with Crippen molar-refractivity contribution in [3.63, 3.8) is 0 Å². The molecule has 2 amide bonds. The molecule has 0 aliphatic carbocycles. The van der Waals surface area contributed by atoms with Crippen molar-refractivity contribution < 1.29 is 9.59 Å². The molecular weight excluding hydrogens is 469 g/mol. The summed E-state index contributed by atoms with van der Waals surface area (Å²) in [5.41, 5.74) is 2.53. The summed E-state index contributed by atoms with van der Waals surface area (Å²) in [6.45, 7) is 3.88. The van der Waals surface area contributed by atoms with E-state index in [4.69, 9.17) is 23.2 Å². The maximum atomic E-state index is 13.5. The number of carbonyl (C=O) groups excluding carboxylic acids is 2. The van der Waals surface area contributed by atoms with Crippen LogP contribution in [0.4, 0.5) is 5.69 Å². The second kappa shape index (κ2) is 9.13. The van der Waals surface area contributed by atoms with Gasteiger partial charge in [0.15, 0.2) is 0 Å². The monoisotopic (exact) mass is 485 g/mol. The minimum absolute atomic E-state index is 0.324. The highest BCUT2D eigenvalue weighted by atomic mass is 35.5.